The van der Waals surface area contributed by atoms with Gasteiger partial charge in [0.25, 0.3) is 0 Å². The number of carboxylic acids is 1. The predicted molar refractivity (Wildman–Crippen MR) is 154 cm³/mol. The van der Waals surface area contributed by atoms with Gasteiger partial charge in [0.15, 0.2) is 5.96 Å². The number of amides is 4. The van der Waals surface area contributed by atoms with Gasteiger partial charge in [0.1, 0.15) is 23.9 Å². The molecule has 0 aliphatic carbocycles. The Bertz CT molecular complexity index is 1260. The number of nitrogens with one attached hydrogen (secondary N) is 4. The number of aliphatic carboxylic acids is 1. The monoisotopic (exact) mass is 602 g/mol. The van der Waals surface area contributed by atoms with Crippen LogP contribution in [0.4, 0.5) is 0 Å². The second-order valence-corrected chi connectivity index (χ2v) is 9.73. The highest BCUT2D eigenvalue weighted by molar-refractivity contribution is 5.94. The Morgan fingerprint density at radius 1 is 0.884 bits per heavy atom. The fourth-order valence-corrected chi connectivity index (χ4v) is 3.92. The van der Waals surface area contributed by atoms with E-state index in [-0.39, 0.29) is 50.4 Å². The van der Waals surface area contributed by atoms with Gasteiger partial charge in [0.05, 0.1) is 12.4 Å². The summed E-state index contributed by atoms with van der Waals surface area (Å²) in [6, 6.07) is 0.727. The van der Waals surface area contributed by atoms with Crippen molar-refractivity contribution in [2.75, 3.05) is 6.54 Å². The first-order chi connectivity index (χ1) is 20.3. The Morgan fingerprint density at radius 3 is 2.09 bits per heavy atom. The van der Waals surface area contributed by atoms with Gasteiger partial charge in [0, 0.05) is 37.7 Å². The number of aromatic nitrogens is 2. The summed E-state index contributed by atoms with van der Waals surface area (Å²) < 4.78 is 0. The highest BCUT2D eigenvalue weighted by Gasteiger charge is 2.31. The molecular weight excluding hydrogens is 564 g/mol. The molecule has 0 fully saturated rings. The van der Waals surface area contributed by atoms with Gasteiger partial charge in [0.2, 0.25) is 23.6 Å². The molecule has 1 aromatic heterocycles. The van der Waals surface area contributed by atoms with E-state index < -0.39 is 53.8 Å². The van der Waals surface area contributed by atoms with Crippen molar-refractivity contribution in [3.05, 3.63) is 48.0 Å². The standard InChI is InChI=1S/C26H38N10O7/c27-17(2-1-9-32-26(29)30)22(39)35-19(11-15-12-31-13-33-15)24(41)34-18(7-8-21(28)38)23(40)36-20(25(42)43)10-14-3-5-16(37)6-4-14/h3-6,12-13,17-20,37H,1-2,7-11,27H2,(H2,28,38)(H,31,33)(H,34,41)(H,35,39)(H,36,40)(H,42,43)(H4,29,30,32). The lowest BCUT2D eigenvalue weighted by Gasteiger charge is -2.25. The number of benzene rings is 1. The van der Waals surface area contributed by atoms with Crippen LogP contribution in [0.25, 0.3) is 0 Å². The molecule has 0 saturated carbocycles. The topological polar surface area (TPSA) is 307 Å². The zero-order valence-corrected chi connectivity index (χ0v) is 23.4. The summed E-state index contributed by atoms with van der Waals surface area (Å²) in [5.74, 6) is -4.55. The van der Waals surface area contributed by atoms with Crippen molar-refractivity contribution in [3.63, 3.8) is 0 Å². The van der Waals surface area contributed by atoms with Crippen molar-refractivity contribution < 1.29 is 34.2 Å². The number of carboxylic acid groups (broad SMARTS) is 1. The van der Waals surface area contributed by atoms with E-state index in [4.69, 9.17) is 22.9 Å². The lowest BCUT2D eigenvalue weighted by Crippen LogP contribution is -2.58. The molecule has 4 unspecified atom stereocenters. The van der Waals surface area contributed by atoms with Crippen LogP contribution in [0.1, 0.15) is 36.9 Å². The van der Waals surface area contributed by atoms with Crippen LogP contribution in [0.3, 0.4) is 0 Å². The Balaban J connectivity index is 2.17. The van der Waals surface area contributed by atoms with Gasteiger partial charge in [-0.2, -0.15) is 0 Å². The zero-order chi connectivity index (χ0) is 31.9. The number of guanidine groups is 1. The minimum Gasteiger partial charge on any atom is -0.508 e. The summed E-state index contributed by atoms with van der Waals surface area (Å²) >= 11 is 0. The number of rotatable bonds is 18. The van der Waals surface area contributed by atoms with Crippen molar-refractivity contribution in [3.8, 4) is 5.75 Å². The number of carbonyl (C=O) groups is 5. The number of H-pyrrole nitrogens is 1. The van der Waals surface area contributed by atoms with E-state index in [0.29, 0.717) is 17.7 Å². The maximum Gasteiger partial charge on any atom is 0.326 e. The normalized spacial score (nSPS) is 13.5. The highest BCUT2D eigenvalue weighted by Crippen LogP contribution is 2.12. The van der Waals surface area contributed by atoms with E-state index in [1.54, 1.807) is 0 Å². The number of hydrogen-bond donors (Lipinski definition) is 10. The number of phenolic OH excluding ortho intramolecular Hbond substituents is 1. The molecule has 0 spiro atoms. The maximum absolute atomic E-state index is 13.4. The summed E-state index contributed by atoms with van der Waals surface area (Å²) in [4.78, 5) is 73.3. The molecule has 43 heavy (non-hydrogen) atoms. The van der Waals surface area contributed by atoms with Gasteiger partial charge in [-0.1, -0.05) is 12.1 Å². The number of aromatic amines is 1. The average molecular weight is 603 g/mol. The number of nitrogens with zero attached hydrogens (tertiary/aromatic N) is 2. The Kier molecular flexibility index (Phi) is 13.4. The number of aromatic hydroxyl groups is 1. The molecule has 2 rings (SSSR count). The Labute approximate surface area is 246 Å². The molecule has 17 heteroatoms. The molecule has 2 aromatic rings. The first-order valence-corrected chi connectivity index (χ1v) is 13.3. The average Bonchev–Trinajstić information content (AvgIpc) is 3.46. The highest BCUT2D eigenvalue weighted by atomic mass is 16.4. The lowest BCUT2D eigenvalue weighted by atomic mass is 10.0. The predicted octanol–water partition coefficient (Wildman–Crippen LogP) is -2.91. The Hall–Kier alpha value is -5.19. The number of aliphatic imine (C=N–C) groups is 1. The molecule has 0 radical (unpaired) electrons. The number of hydrogen-bond acceptors (Lipinski definition) is 9. The van der Waals surface area contributed by atoms with Crippen LogP contribution in [0.5, 0.6) is 5.75 Å². The number of phenols is 1. The van der Waals surface area contributed by atoms with Crippen LogP contribution in [0, 0.1) is 0 Å². The third-order valence-corrected chi connectivity index (χ3v) is 6.22. The van der Waals surface area contributed by atoms with Gasteiger partial charge in [-0.15, -0.1) is 0 Å². The fourth-order valence-electron chi connectivity index (χ4n) is 3.92. The van der Waals surface area contributed by atoms with Crippen molar-refractivity contribution in [2.45, 2.75) is 62.7 Å². The van der Waals surface area contributed by atoms with Crippen molar-refractivity contribution >= 4 is 35.6 Å². The van der Waals surface area contributed by atoms with Gasteiger partial charge < -0.3 is 54.1 Å². The van der Waals surface area contributed by atoms with Crippen LogP contribution in [0.2, 0.25) is 0 Å². The van der Waals surface area contributed by atoms with Crippen molar-refractivity contribution in [2.24, 2.45) is 27.9 Å². The second-order valence-electron chi connectivity index (χ2n) is 9.73. The number of carbonyl (C=O) groups excluding carboxylic acids is 4. The van der Waals surface area contributed by atoms with E-state index in [9.17, 15) is 34.2 Å². The van der Waals surface area contributed by atoms with Gasteiger partial charge in [-0.05, 0) is 37.0 Å². The number of nitrogens with two attached hydrogens (primary N) is 4. The zero-order valence-electron chi connectivity index (χ0n) is 23.4. The van der Waals surface area contributed by atoms with Gasteiger partial charge in [-0.25, -0.2) is 9.78 Å². The third kappa shape index (κ3) is 12.5. The van der Waals surface area contributed by atoms with Crippen LogP contribution in [0.15, 0.2) is 41.8 Å². The molecule has 0 aliphatic rings. The van der Waals surface area contributed by atoms with Crippen LogP contribution in [-0.4, -0.2) is 86.5 Å². The first kappa shape index (κ1) is 34.0. The largest absolute Gasteiger partial charge is 0.508 e. The summed E-state index contributed by atoms with van der Waals surface area (Å²) in [7, 11) is 0. The molecule has 14 N–H and O–H groups in total. The van der Waals surface area contributed by atoms with E-state index in [1.165, 1.54) is 36.8 Å². The summed E-state index contributed by atoms with van der Waals surface area (Å²) in [6.45, 7) is 0.252. The lowest BCUT2D eigenvalue weighted by molar-refractivity contribution is -0.142. The van der Waals surface area contributed by atoms with Crippen LogP contribution >= 0.6 is 0 Å². The molecule has 0 saturated heterocycles. The minimum atomic E-state index is -1.40. The van der Waals surface area contributed by atoms with Crippen LogP contribution in [-0.2, 0) is 36.8 Å². The molecule has 1 aromatic carbocycles. The quantitative estimate of drug-likeness (QED) is 0.0468. The molecule has 4 amide bonds. The molecule has 0 bridgehead atoms. The van der Waals surface area contributed by atoms with E-state index in [0.717, 1.165) is 0 Å². The van der Waals surface area contributed by atoms with Crippen molar-refractivity contribution in [1.29, 1.82) is 0 Å². The molecule has 17 nitrogen and oxygen atoms in total. The van der Waals surface area contributed by atoms with Gasteiger partial charge >= 0.3 is 5.97 Å². The smallest absolute Gasteiger partial charge is 0.326 e. The van der Waals surface area contributed by atoms with E-state index >= 15 is 0 Å². The van der Waals surface area contributed by atoms with Crippen LogP contribution < -0.4 is 38.9 Å². The number of imidazole rings is 1. The molecular formula is C26H38N10O7. The minimum absolute atomic E-state index is 0.0161. The van der Waals surface area contributed by atoms with E-state index in [2.05, 4.69) is 30.9 Å². The molecule has 234 valence electrons. The van der Waals surface area contributed by atoms with E-state index in [1.807, 2.05) is 0 Å². The summed E-state index contributed by atoms with van der Waals surface area (Å²) in [5, 5.41) is 26.6. The molecule has 1 heterocycles. The van der Waals surface area contributed by atoms with Gasteiger partial charge in [-0.3, -0.25) is 24.2 Å². The third-order valence-electron chi connectivity index (χ3n) is 6.22. The summed E-state index contributed by atoms with van der Waals surface area (Å²) in [6.07, 6.45) is 2.71. The SMILES string of the molecule is NC(=O)CCC(NC(=O)C(Cc1cnc[nH]1)NC(=O)C(N)CCCN=C(N)N)C(=O)NC(Cc1ccc(O)cc1)C(=O)O. The fraction of sp³-hybridized carbons (Fsp3) is 0.423. The maximum atomic E-state index is 13.4. The summed E-state index contributed by atoms with van der Waals surface area (Å²) in [5.41, 5.74) is 22.8. The number of primary amides is 1. The first-order valence-electron chi connectivity index (χ1n) is 13.3. The second kappa shape index (κ2) is 16.9. The molecule has 4 atom stereocenters. The molecule has 0 aliphatic heterocycles. The van der Waals surface area contributed by atoms with Crippen molar-refractivity contribution in [1.82, 2.24) is 25.9 Å². The Morgan fingerprint density at radius 2 is 1.51 bits per heavy atom.